The number of carbonyl (C=O) groups excluding carboxylic acids is 2. The third-order valence-electron chi connectivity index (χ3n) is 5.90. The molecule has 0 fully saturated rings. The van der Waals surface area contributed by atoms with Crippen molar-refractivity contribution in [3.05, 3.63) is 98.4 Å². The molecule has 0 saturated heterocycles. The van der Waals surface area contributed by atoms with Crippen LogP contribution in [-0.2, 0) is 4.79 Å². The van der Waals surface area contributed by atoms with E-state index < -0.39 is 35.1 Å². The number of anilines is 1. The first-order valence-corrected chi connectivity index (χ1v) is 13.5. The lowest BCUT2D eigenvalue weighted by atomic mass is 10.0. The number of amides is 1. The number of benzene rings is 2. The topological polar surface area (TPSA) is 83.4 Å². The number of fused-ring (bicyclic) bond motifs is 1. The summed E-state index contributed by atoms with van der Waals surface area (Å²) in [5, 5.41) is 13.4. The molecule has 1 aliphatic rings. The summed E-state index contributed by atoms with van der Waals surface area (Å²) >= 11 is 3.38. The Morgan fingerprint density at radius 3 is 2.57 bits per heavy atom. The predicted molar refractivity (Wildman–Crippen MR) is 140 cm³/mol. The molecule has 1 atom stereocenters. The molecule has 0 saturated carbocycles. The number of nitrogens with zero attached hydrogens (tertiary/aromatic N) is 3. The summed E-state index contributed by atoms with van der Waals surface area (Å²) < 4.78 is 28.4. The van der Waals surface area contributed by atoms with Crippen LogP contribution in [0.2, 0.25) is 0 Å². The molecular formula is C26H15F2N3O3S3. The standard InChI is InChI=1S/C26H15F2N3O3S3/c1-12-23(37-24(29-12)13-6-3-2-4-7-13)21(32)18-20(16-8-5-9-35-16)31(25(34)22(18)33)26-30-19-15(28)10-14(27)11-17(19)36-26/h2-11,20,33H,1H3. The molecule has 3 aromatic heterocycles. The molecule has 1 unspecified atom stereocenters. The number of thiazole rings is 2. The lowest BCUT2D eigenvalue weighted by Crippen LogP contribution is -2.30. The molecule has 1 amide bonds. The summed E-state index contributed by atoms with van der Waals surface area (Å²) in [5.74, 6) is -3.70. The molecule has 11 heteroatoms. The highest BCUT2D eigenvalue weighted by Crippen LogP contribution is 2.46. The van der Waals surface area contributed by atoms with Crippen molar-refractivity contribution in [3.63, 3.8) is 0 Å². The van der Waals surface area contributed by atoms with Gasteiger partial charge in [0.15, 0.2) is 16.7 Å². The summed E-state index contributed by atoms with van der Waals surface area (Å²) in [4.78, 5) is 38.1. The number of hydrogen-bond acceptors (Lipinski definition) is 8. The molecule has 6 nitrogen and oxygen atoms in total. The molecule has 1 N–H and O–H groups in total. The fourth-order valence-corrected chi connectivity index (χ4v) is 7.11. The van der Waals surface area contributed by atoms with E-state index in [1.807, 2.05) is 30.3 Å². The minimum atomic E-state index is -0.991. The molecule has 0 aliphatic carbocycles. The number of carbonyl (C=O) groups is 2. The summed E-state index contributed by atoms with van der Waals surface area (Å²) in [6, 6.07) is 13.7. The maximum absolute atomic E-state index is 14.4. The maximum atomic E-state index is 14.4. The zero-order valence-electron chi connectivity index (χ0n) is 18.9. The van der Waals surface area contributed by atoms with Gasteiger partial charge in [0.25, 0.3) is 5.91 Å². The van der Waals surface area contributed by atoms with Crippen molar-refractivity contribution in [2.45, 2.75) is 13.0 Å². The summed E-state index contributed by atoms with van der Waals surface area (Å²) in [6.45, 7) is 1.70. The van der Waals surface area contributed by atoms with Crippen LogP contribution < -0.4 is 4.90 Å². The maximum Gasteiger partial charge on any atom is 0.296 e. The first-order valence-electron chi connectivity index (χ1n) is 11.0. The fourth-order valence-electron chi connectivity index (χ4n) is 4.23. The zero-order chi connectivity index (χ0) is 25.8. The summed E-state index contributed by atoms with van der Waals surface area (Å²) in [5.41, 5.74) is 1.12. The van der Waals surface area contributed by atoms with E-state index in [9.17, 15) is 23.5 Å². The molecule has 2 aromatic carbocycles. The number of aliphatic hydroxyl groups is 1. The molecule has 5 aromatic rings. The molecule has 0 radical (unpaired) electrons. The normalized spacial score (nSPS) is 15.8. The van der Waals surface area contributed by atoms with Gasteiger partial charge in [-0.05, 0) is 24.4 Å². The summed E-state index contributed by atoms with van der Waals surface area (Å²) in [7, 11) is 0. The largest absolute Gasteiger partial charge is 0.503 e. The molecule has 0 spiro atoms. The van der Waals surface area contributed by atoms with Crippen molar-refractivity contribution in [2.75, 3.05) is 4.90 Å². The van der Waals surface area contributed by atoms with Gasteiger partial charge >= 0.3 is 0 Å². The molecule has 4 heterocycles. The SMILES string of the molecule is Cc1nc(-c2ccccc2)sc1C(=O)C1=C(O)C(=O)N(c2nc3c(F)cc(F)cc3s2)C1c1cccs1. The number of rotatable bonds is 5. The van der Waals surface area contributed by atoms with Gasteiger partial charge in [-0.1, -0.05) is 47.7 Å². The Labute approximate surface area is 220 Å². The number of thiophene rings is 1. The zero-order valence-corrected chi connectivity index (χ0v) is 21.4. The second-order valence-electron chi connectivity index (χ2n) is 8.21. The van der Waals surface area contributed by atoms with Crippen molar-refractivity contribution in [2.24, 2.45) is 0 Å². The van der Waals surface area contributed by atoms with Gasteiger partial charge in [-0.15, -0.1) is 22.7 Å². The van der Waals surface area contributed by atoms with E-state index in [-0.39, 0.29) is 20.9 Å². The van der Waals surface area contributed by atoms with Crippen LogP contribution in [0.15, 0.2) is 71.3 Å². The fraction of sp³-hybridized carbons (Fsp3) is 0.0769. The van der Waals surface area contributed by atoms with Gasteiger partial charge < -0.3 is 5.11 Å². The Morgan fingerprint density at radius 1 is 1.05 bits per heavy atom. The van der Waals surface area contributed by atoms with Crippen LogP contribution in [-0.4, -0.2) is 26.8 Å². The highest BCUT2D eigenvalue weighted by molar-refractivity contribution is 7.22. The number of Topliss-reactive ketones (excluding diaryl/α,β-unsaturated/α-hetero) is 1. The van der Waals surface area contributed by atoms with Gasteiger partial charge in [-0.25, -0.2) is 18.7 Å². The van der Waals surface area contributed by atoms with Crippen molar-refractivity contribution in [3.8, 4) is 10.6 Å². The highest BCUT2D eigenvalue weighted by atomic mass is 32.1. The lowest BCUT2D eigenvalue weighted by molar-refractivity contribution is -0.117. The van der Waals surface area contributed by atoms with Crippen molar-refractivity contribution >= 4 is 61.0 Å². The van der Waals surface area contributed by atoms with Crippen molar-refractivity contribution < 1.29 is 23.5 Å². The van der Waals surface area contributed by atoms with E-state index in [1.54, 1.807) is 24.4 Å². The second-order valence-corrected chi connectivity index (χ2v) is 11.2. The number of hydrogen-bond donors (Lipinski definition) is 1. The number of halogens is 2. The predicted octanol–water partition coefficient (Wildman–Crippen LogP) is 6.85. The first kappa shape index (κ1) is 23.6. The van der Waals surface area contributed by atoms with Gasteiger partial charge in [0.1, 0.15) is 22.4 Å². The monoisotopic (exact) mass is 551 g/mol. The van der Waals surface area contributed by atoms with Crippen molar-refractivity contribution in [1.82, 2.24) is 9.97 Å². The lowest BCUT2D eigenvalue weighted by Gasteiger charge is -2.22. The first-order chi connectivity index (χ1) is 17.8. The third-order valence-corrected chi connectivity index (χ3v) is 9.03. The average molecular weight is 552 g/mol. The van der Waals surface area contributed by atoms with Crippen LogP contribution >= 0.6 is 34.0 Å². The van der Waals surface area contributed by atoms with Crippen LogP contribution in [0.3, 0.4) is 0 Å². The molecule has 184 valence electrons. The Morgan fingerprint density at radius 2 is 1.84 bits per heavy atom. The number of aliphatic hydroxyl groups excluding tert-OH is 1. The minimum Gasteiger partial charge on any atom is -0.503 e. The van der Waals surface area contributed by atoms with Crippen LogP contribution in [0.25, 0.3) is 20.8 Å². The van der Waals surface area contributed by atoms with Crippen LogP contribution in [0.5, 0.6) is 0 Å². The van der Waals surface area contributed by atoms with Crippen LogP contribution in [0.4, 0.5) is 13.9 Å². The van der Waals surface area contributed by atoms with Gasteiger partial charge in [0.05, 0.1) is 20.8 Å². The average Bonchev–Trinajstić information content (AvgIpc) is 3.66. The highest BCUT2D eigenvalue weighted by Gasteiger charge is 2.47. The van der Waals surface area contributed by atoms with Crippen molar-refractivity contribution in [1.29, 1.82) is 0 Å². The van der Waals surface area contributed by atoms with E-state index >= 15 is 0 Å². The molecular weight excluding hydrogens is 537 g/mol. The summed E-state index contributed by atoms with van der Waals surface area (Å²) in [6.07, 6.45) is 0. The van der Waals surface area contributed by atoms with Gasteiger partial charge in [0.2, 0.25) is 5.78 Å². The van der Waals surface area contributed by atoms with Crippen LogP contribution in [0.1, 0.15) is 26.3 Å². The molecule has 1 aliphatic heterocycles. The second kappa shape index (κ2) is 8.94. The minimum absolute atomic E-state index is 0.0447. The Hall–Kier alpha value is -3.80. The Bertz CT molecular complexity index is 1730. The molecule has 0 bridgehead atoms. The van der Waals surface area contributed by atoms with Gasteiger partial charge in [0, 0.05) is 16.5 Å². The Balaban J connectivity index is 1.47. The van der Waals surface area contributed by atoms with E-state index in [1.165, 1.54) is 27.6 Å². The van der Waals surface area contributed by atoms with Gasteiger partial charge in [-0.3, -0.25) is 14.5 Å². The third kappa shape index (κ3) is 3.86. The number of ketones is 1. The smallest absolute Gasteiger partial charge is 0.296 e. The quantitative estimate of drug-likeness (QED) is 0.242. The molecule has 6 rings (SSSR count). The Kier molecular flexibility index (Phi) is 5.70. The molecule has 37 heavy (non-hydrogen) atoms. The number of aryl methyl sites for hydroxylation is 1. The van der Waals surface area contributed by atoms with E-state index in [4.69, 9.17) is 0 Å². The van der Waals surface area contributed by atoms with E-state index in [0.29, 0.717) is 20.5 Å². The van der Waals surface area contributed by atoms with E-state index in [0.717, 1.165) is 29.0 Å². The van der Waals surface area contributed by atoms with Gasteiger partial charge in [-0.2, -0.15) is 0 Å². The van der Waals surface area contributed by atoms with E-state index in [2.05, 4.69) is 9.97 Å². The number of aromatic nitrogens is 2. The van der Waals surface area contributed by atoms with Crippen LogP contribution in [0, 0.1) is 18.6 Å².